The van der Waals surface area contributed by atoms with Gasteiger partial charge in [-0.3, -0.25) is 0 Å². The molecule has 0 amide bonds. The first-order valence-corrected chi connectivity index (χ1v) is 8.26. The Morgan fingerprint density at radius 2 is 2.00 bits per heavy atom. The first-order valence-electron chi connectivity index (χ1n) is 6.07. The summed E-state index contributed by atoms with van der Waals surface area (Å²) in [5.74, 6) is 0. The monoisotopic (exact) mass is 336 g/mol. The van der Waals surface area contributed by atoms with E-state index in [0.29, 0.717) is 17.1 Å². The lowest BCUT2D eigenvalue weighted by Gasteiger charge is -2.22. The molecule has 0 saturated heterocycles. The molecule has 20 heavy (non-hydrogen) atoms. The van der Waals surface area contributed by atoms with E-state index in [0.717, 1.165) is 5.57 Å². The van der Waals surface area contributed by atoms with Crippen LogP contribution in [0.5, 0.6) is 0 Å². The van der Waals surface area contributed by atoms with Crippen molar-refractivity contribution < 1.29 is 8.42 Å². The molecule has 1 rings (SSSR count). The van der Waals surface area contributed by atoms with E-state index < -0.39 is 10.0 Å². The molecule has 0 fully saturated rings. The van der Waals surface area contributed by atoms with E-state index in [4.69, 9.17) is 28.9 Å². The molecule has 0 radical (unpaired) electrons. The second-order valence-corrected chi connectivity index (χ2v) is 7.12. The van der Waals surface area contributed by atoms with Gasteiger partial charge in [-0.05, 0) is 19.1 Å². The molecule has 0 saturated carbocycles. The van der Waals surface area contributed by atoms with Crippen LogP contribution in [0.4, 0.5) is 0 Å². The lowest BCUT2D eigenvalue weighted by Crippen LogP contribution is -2.32. The van der Waals surface area contributed by atoms with E-state index in [-0.39, 0.29) is 23.0 Å². The Labute approximate surface area is 130 Å². The number of likely N-dealkylation sites (N-methyl/N-ethyl adjacent to an activating group) is 1. The van der Waals surface area contributed by atoms with Crippen molar-refractivity contribution in [3.63, 3.8) is 0 Å². The van der Waals surface area contributed by atoms with E-state index >= 15 is 0 Å². The van der Waals surface area contributed by atoms with Crippen LogP contribution in [0.15, 0.2) is 29.2 Å². The topological polar surface area (TPSA) is 63.4 Å². The summed E-state index contributed by atoms with van der Waals surface area (Å²) in [6.45, 7) is 7.92. The van der Waals surface area contributed by atoms with Crippen LogP contribution in [0.3, 0.4) is 0 Å². The minimum Gasteiger partial charge on any atom is -0.326 e. The Bertz CT molecular complexity index is 615. The van der Waals surface area contributed by atoms with Crippen LogP contribution >= 0.6 is 23.2 Å². The molecule has 0 aliphatic carbocycles. The van der Waals surface area contributed by atoms with Crippen LogP contribution in [0.2, 0.25) is 10.0 Å². The van der Waals surface area contributed by atoms with Crippen molar-refractivity contribution in [3.8, 4) is 0 Å². The van der Waals surface area contributed by atoms with Gasteiger partial charge >= 0.3 is 0 Å². The fourth-order valence-corrected chi connectivity index (χ4v) is 4.18. The molecule has 2 N–H and O–H groups in total. The first kappa shape index (κ1) is 17.5. The number of rotatable bonds is 6. The third kappa shape index (κ3) is 3.54. The van der Waals surface area contributed by atoms with Crippen molar-refractivity contribution in [2.75, 3.05) is 13.1 Å². The zero-order valence-corrected chi connectivity index (χ0v) is 13.8. The highest BCUT2D eigenvalue weighted by molar-refractivity contribution is 7.89. The molecule has 0 unspecified atom stereocenters. The van der Waals surface area contributed by atoms with Crippen molar-refractivity contribution in [1.82, 2.24) is 4.31 Å². The van der Waals surface area contributed by atoms with E-state index in [2.05, 4.69) is 6.58 Å². The summed E-state index contributed by atoms with van der Waals surface area (Å²) < 4.78 is 26.5. The van der Waals surface area contributed by atoms with Crippen LogP contribution in [0.1, 0.15) is 19.4 Å². The van der Waals surface area contributed by atoms with Gasteiger partial charge in [-0.2, -0.15) is 4.31 Å². The summed E-state index contributed by atoms with van der Waals surface area (Å²) >= 11 is 12.1. The molecule has 0 bridgehead atoms. The van der Waals surface area contributed by atoms with Crippen molar-refractivity contribution in [3.05, 3.63) is 39.9 Å². The first-order chi connectivity index (χ1) is 9.25. The fraction of sp³-hybridized carbons (Fsp3) is 0.385. The minimum atomic E-state index is -3.70. The predicted molar refractivity (Wildman–Crippen MR) is 83.6 cm³/mol. The van der Waals surface area contributed by atoms with Gasteiger partial charge in [0.2, 0.25) is 10.0 Å². The average Bonchev–Trinajstić information content (AvgIpc) is 2.35. The zero-order chi connectivity index (χ0) is 15.5. The smallest absolute Gasteiger partial charge is 0.244 e. The Morgan fingerprint density at radius 3 is 2.45 bits per heavy atom. The Morgan fingerprint density at radius 1 is 1.40 bits per heavy atom. The highest BCUT2D eigenvalue weighted by Gasteiger charge is 2.27. The molecule has 7 heteroatoms. The number of hydrogen-bond acceptors (Lipinski definition) is 3. The van der Waals surface area contributed by atoms with Gasteiger partial charge in [-0.1, -0.05) is 42.3 Å². The van der Waals surface area contributed by atoms with Crippen LogP contribution in [-0.4, -0.2) is 25.8 Å². The SMILES string of the molecule is C=C(C)CN(CC)S(=O)(=O)c1ccc(Cl)c(CN)c1Cl. The number of hydrogen-bond donors (Lipinski definition) is 1. The maximum Gasteiger partial charge on any atom is 0.244 e. The highest BCUT2D eigenvalue weighted by Crippen LogP contribution is 2.32. The van der Waals surface area contributed by atoms with E-state index in [9.17, 15) is 8.42 Å². The molecule has 1 aromatic rings. The van der Waals surface area contributed by atoms with Gasteiger partial charge in [0, 0.05) is 30.2 Å². The Balaban J connectivity index is 3.38. The molecule has 0 aliphatic rings. The minimum absolute atomic E-state index is 0.0205. The molecule has 0 spiro atoms. The van der Waals surface area contributed by atoms with Crippen LogP contribution in [-0.2, 0) is 16.6 Å². The molecular formula is C13H18Cl2N2O2S. The van der Waals surface area contributed by atoms with Crippen molar-refractivity contribution >= 4 is 33.2 Å². The molecule has 0 aliphatic heterocycles. The van der Waals surface area contributed by atoms with E-state index in [1.807, 2.05) is 0 Å². The molecule has 0 heterocycles. The average molecular weight is 337 g/mol. The molecule has 1 aromatic carbocycles. The van der Waals surface area contributed by atoms with Gasteiger partial charge in [-0.25, -0.2) is 8.42 Å². The fourth-order valence-electron chi connectivity index (χ4n) is 1.77. The summed E-state index contributed by atoms with van der Waals surface area (Å²) in [5, 5.41) is 0.444. The second-order valence-electron chi connectivity index (χ2n) is 4.43. The van der Waals surface area contributed by atoms with Crippen LogP contribution < -0.4 is 5.73 Å². The van der Waals surface area contributed by atoms with Gasteiger partial charge in [0.25, 0.3) is 0 Å². The van der Waals surface area contributed by atoms with Gasteiger partial charge < -0.3 is 5.73 Å². The van der Waals surface area contributed by atoms with Gasteiger partial charge in [-0.15, -0.1) is 0 Å². The van der Waals surface area contributed by atoms with Crippen molar-refractivity contribution in [1.29, 1.82) is 0 Å². The summed E-state index contributed by atoms with van der Waals surface area (Å²) in [6.07, 6.45) is 0. The molecule has 0 aromatic heterocycles. The molecular weight excluding hydrogens is 319 g/mol. The summed E-state index contributed by atoms with van der Waals surface area (Å²) in [7, 11) is -3.70. The number of nitrogens with zero attached hydrogens (tertiary/aromatic N) is 1. The van der Waals surface area contributed by atoms with Crippen molar-refractivity contribution in [2.24, 2.45) is 5.73 Å². The summed E-state index contributed by atoms with van der Waals surface area (Å²) in [6, 6.07) is 2.90. The molecule has 4 nitrogen and oxygen atoms in total. The lowest BCUT2D eigenvalue weighted by atomic mass is 10.2. The molecule has 112 valence electrons. The third-order valence-corrected chi connectivity index (χ3v) is 5.63. The standard InChI is InChI=1S/C13H18Cl2N2O2S/c1-4-17(8-9(2)3)20(18,19)12-6-5-11(14)10(7-16)13(12)15/h5-6H,2,4,7-8,16H2,1,3H3. The van der Waals surface area contributed by atoms with E-state index in [1.54, 1.807) is 13.8 Å². The van der Waals surface area contributed by atoms with Gasteiger partial charge in [0.15, 0.2) is 0 Å². The summed E-state index contributed by atoms with van der Waals surface area (Å²) in [5.41, 5.74) is 6.74. The number of sulfonamides is 1. The van der Waals surface area contributed by atoms with Crippen molar-refractivity contribution in [2.45, 2.75) is 25.3 Å². The highest BCUT2D eigenvalue weighted by atomic mass is 35.5. The van der Waals surface area contributed by atoms with Crippen LogP contribution in [0, 0.1) is 0 Å². The normalized spacial score (nSPS) is 11.9. The largest absolute Gasteiger partial charge is 0.326 e. The predicted octanol–water partition coefficient (Wildman–Crippen LogP) is 3.04. The Hall–Kier alpha value is -0.590. The van der Waals surface area contributed by atoms with E-state index in [1.165, 1.54) is 16.4 Å². The maximum atomic E-state index is 12.6. The number of benzene rings is 1. The summed E-state index contributed by atoms with van der Waals surface area (Å²) in [4.78, 5) is 0.0205. The quantitative estimate of drug-likeness (QED) is 0.812. The number of halogens is 2. The number of nitrogens with two attached hydrogens (primary N) is 1. The van der Waals surface area contributed by atoms with Gasteiger partial charge in [0.1, 0.15) is 4.90 Å². The Kier molecular flexibility index (Phi) is 6.04. The van der Waals surface area contributed by atoms with Crippen LogP contribution in [0.25, 0.3) is 0 Å². The second kappa shape index (κ2) is 6.91. The third-order valence-electron chi connectivity index (χ3n) is 2.77. The van der Waals surface area contributed by atoms with Gasteiger partial charge in [0.05, 0.1) is 5.02 Å². The zero-order valence-electron chi connectivity index (χ0n) is 11.5. The lowest BCUT2D eigenvalue weighted by molar-refractivity contribution is 0.453. The molecule has 0 atom stereocenters. The maximum absolute atomic E-state index is 12.6.